The van der Waals surface area contributed by atoms with Gasteiger partial charge in [-0.05, 0) is 18.6 Å². The van der Waals surface area contributed by atoms with E-state index < -0.39 is 5.92 Å². The molecule has 0 atom stereocenters. The summed E-state index contributed by atoms with van der Waals surface area (Å²) in [6.45, 7) is 0.917. The van der Waals surface area contributed by atoms with Gasteiger partial charge in [0.2, 0.25) is 5.92 Å². The van der Waals surface area contributed by atoms with Crippen molar-refractivity contribution in [2.24, 2.45) is 0 Å². The first kappa shape index (κ1) is 8.18. The Morgan fingerprint density at radius 2 is 2.27 bits per heavy atom. The van der Waals surface area contributed by atoms with E-state index in [1.165, 1.54) is 0 Å². The van der Waals surface area contributed by atoms with Gasteiger partial charge in [-0.25, -0.2) is 8.78 Å². The average molecular weight is 155 g/mol. The molecule has 0 heterocycles. The van der Waals surface area contributed by atoms with Crippen LogP contribution in [0.5, 0.6) is 0 Å². The molecule has 2 heteroatoms. The molecular weight excluding hydrogens is 146 g/mol. The summed E-state index contributed by atoms with van der Waals surface area (Å²) in [7, 11) is 0. The zero-order chi connectivity index (χ0) is 8.32. The number of hydrogen-bond donors (Lipinski definition) is 0. The normalized spacial score (nSPS) is 11.5. The highest BCUT2D eigenvalue weighted by Crippen LogP contribution is 2.17. The van der Waals surface area contributed by atoms with Crippen molar-refractivity contribution in [2.45, 2.75) is 19.3 Å². The Hall–Kier alpha value is -0.920. The fourth-order valence-corrected chi connectivity index (χ4v) is 0.899. The molecule has 11 heavy (non-hydrogen) atoms. The minimum absolute atomic E-state index is 0.204. The predicted octanol–water partition coefficient (Wildman–Crippen LogP) is 2.68. The van der Waals surface area contributed by atoms with Crippen LogP contribution < -0.4 is 0 Å². The van der Waals surface area contributed by atoms with Gasteiger partial charge in [-0.2, -0.15) is 0 Å². The van der Waals surface area contributed by atoms with Crippen molar-refractivity contribution < 1.29 is 8.78 Å². The highest BCUT2D eigenvalue weighted by molar-refractivity contribution is 5.14. The summed E-state index contributed by atoms with van der Waals surface area (Å²) in [5, 5.41) is 0. The molecule has 0 amide bonds. The molecule has 1 radical (unpaired) electrons. The van der Waals surface area contributed by atoms with E-state index in [0.29, 0.717) is 5.56 Å². The van der Waals surface area contributed by atoms with E-state index in [9.17, 15) is 8.78 Å². The number of alkyl halides is 2. The van der Waals surface area contributed by atoms with Crippen molar-refractivity contribution >= 4 is 0 Å². The monoisotopic (exact) mass is 155 g/mol. The molecule has 0 nitrogen and oxygen atoms in total. The minimum atomic E-state index is -2.62. The standard InChI is InChI=1S/C9H9F2/c1-9(10,11)7-8-5-3-2-4-6-8/h2-3,5-6H,7H2,1H3. The Labute approximate surface area is 64.9 Å². The van der Waals surface area contributed by atoms with Gasteiger partial charge in [0, 0.05) is 6.42 Å². The van der Waals surface area contributed by atoms with Crippen molar-refractivity contribution in [1.82, 2.24) is 0 Å². The van der Waals surface area contributed by atoms with Crippen LogP contribution in [0, 0.1) is 6.07 Å². The lowest BCUT2D eigenvalue weighted by atomic mass is 10.1. The smallest absolute Gasteiger partial charge is 0.207 e. The van der Waals surface area contributed by atoms with E-state index in [1.807, 2.05) is 0 Å². The first-order chi connectivity index (χ1) is 5.08. The van der Waals surface area contributed by atoms with Gasteiger partial charge >= 0.3 is 0 Å². The van der Waals surface area contributed by atoms with E-state index >= 15 is 0 Å². The number of benzene rings is 1. The molecule has 1 aromatic carbocycles. The Bertz CT molecular complexity index is 211. The summed E-state index contributed by atoms with van der Waals surface area (Å²) in [5.74, 6) is -2.62. The molecule has 0 unspecified atom stereocenters. The highest BCUT2D eigenvalue weighted by atomic mass is 19.3. The van der Waals surface area contributed by atoms with Crippen molar-refractivity contribution in [3.63, 3.8) is 0 Å². The second kappa shape index (κ2) is 2.99. The maximum absolute atomic E-state index is 12.4. The fraction of sp³-hybridized carbons (Fsp3) is 0.333. The van der Waals surface area contributed by atoms with E-state index in [4.69, 9.17) is 0 Å². The van der Waals surface area contributed by atoms with Crippen LogP contribution in [0.4, 0.5) is 8.78 Å². The Balaban J connectivity index is 2.66. The van der Waals surface area contributed by atoms with Gasteiger partial charge in [-0.15, -0.1) is 0 Å². The summed E-state index contributed by atoms with van der Waals surface area (Å²) in [5.41, 5.74) is 0.625. The van der Waals surface area contributed by atoms with Gasteiger partial charge < -0.3 is 0 Å². The van der Waals surface area contributed by atoms with Gasteiger partial charge in [0.15, 0.2) is 0 Å². The Kier molecular flexibility index (Phi) is 2.22. The second-order valence-corrected chi connectivity index (χ2v) is 2.66. The molecule has 0 aliphatic carbocycles. The van der Waals surface area contributed by atoms with Gasteiger partial charge in [0.05, 0.1) is 0 Å². The minimum Gasteiger partial charge on any atom is -0.207 e. The third-order valence-corrected chi connectivity index (χ3v) is 1.29. The maximum Gasteiger partial charge on any atom is 0.249 e. The molecule has 59 valence electrons. The topological polar surface area (TPSA) is 0 Å². The van der Waals surface area contributed by atoms with E-state index in [0.717, 1.165) is 6.92 Å². The van der Waals surface area contributed by atoms with E-state index in [2.05, 4.69) is 6.07 Å². The van der Waals surface area contributed by atoms with Crippen LogP contribution in [0.1, 0.15) is 12.5 Å². The number of rotatable bonds is 2. The first-order valence-corrected chi connectivity index (χ1v) is 3.41. The van der Waals surface area contributed by atoms with Gasteiger partial charge in [0.25, 0.3) is 0 Å². The van der Waals surface area contributed by atoms with Gasteiger partial charge in [0.1, 0.15) is 0 Å². The van der Waals surface area contributed by atoms with Crippen LogP contribution in [-0.2, 0) is 6.42 Å². The molecule has 0 saturated carbocycles. The van der Waals surface area contributed by atoms with E-state index in [-0.39, 0.29) is 6.42 Å². The molecule has 1 aromatic rings. The summed E-state index contributed by atoms with van der Waals surface area (Å²) in [4.78, 5) is 0. The summed E-state index contributed by atoms with van der Waals surface area (Å²) >= 11 is 0. The van der Waals surface area contributed by atoms with Crippen molar-refractivity contribution in [3.05, 3.63) is 35.9 Å². The molecule has 0 aromatic heterocycles. The lowest BCUT2D eigenvalue weighted by Gasteiger charge is -2.08. The van der Waals surface area contributed by atoms with Crippen molar-refractivity contribution in [3.8, 4) is 0 Å². The average Bonchev–Trinajstić information content (AvgIpc) is 1.85. The van der Waals surface area contributed by atoms with E-state index in [1.54, 1.807) is 24.3 Å². The Morgan fingerprint density at radius 1 is 1.55 bits per heavy atom. The summed E-state index contributed by atoms with van der Waals surface area (Å²) < 4.78 is 24.8. The highest BCUT2D eigenvalue weighted by Gasteiger charge is 2.20. The van der Waals surface area contributed by atoms with Crippen LogP contribution in [0.15, 0.2) is 24.3 Å². The first-order valence-electron chi connectivity index (χ1n) is 3.41. The van der Waals surface area contributed by atoms with Gasteiger partial charge in [-0.1, -0.05) is 24.3 Å². The third kappa shape index (κ3) is 3.12. The van der Waals surface area contributed by atoms with Crippen molar-refractivity contribution in [1.29, 1.82) is 0 Å². The van der Waals surface area contributed by atoms with Crippen molar-refractivity contribution in [2.75, 3.05) is 0 Å². The Morgan fingerprint density at radius 3 is 2.73 bits per heavy atom. The molecule has 0 aliphatic rings. The quantitative estimate of drug-likeness (QED) is 0.616. The summed E-state index contributed by atoms with van der Waals surface area (Å²) in [6, 6.07) is 9.41. The van der Waals surface area contributed by atoms with Gasteiger partial charge in [-0.3, -0.25) is 0 Å². The van der Waals surface area contributed by atoms with Crippen LogP contribution >= 0.6 is 0 Å². The maximum atomic E-state index is 12.4. The fourth-order valence-electron chi connectivity index (χ4n) is 0.899. The SMILES string of the molecule is CC(F)(F)Cc1c[c]ccc1. The molecule has 0 bridgehead atoms. The molecule has 0 saturated heterocycles. The summed E-state index contributed by atoms with van der Waals surface area (Å²) in [6.07, 6.45) is -0.204. The zero-order valence-corrected chi connectivity index (χ0v) is 6.27. The zero-order valence-electron chi connectivity index (χ0n) is 6.27. The predicted molar refractivity (Wildman–Crippen MR) is 39.6 cm³/mol. The molecule has 0 N–H and O–H groups in total. The lowest BCUT2D eigenvalue weighted by molar-refractivity contribution is 0.0226. The van der Waals surface area contributed by atoms with Crippen LogP contribution in [0.2, 0.25) is 0 Å². The third-order valence-electron chi connectivity index (χ3n) is 1.29. The van der Waals surface area contributed by atoms with Crippen LogP contribution in [0.3, 0.4) is 0 Å². The lowest BCUT2D eigenvalue weighted by Crippen LogP contribution is -2.13. The number of halogens is 2. The van der Waals surface area contributed by atoms with Crippen LogP contribution in [0.25, 0.3) is 0 Å². The molecular formula is C9H9F2. The number of hydrogen-bond acceptors (Lipinski definition) is 0. The molecule has 1 rings (SSSR count). The molecule has 0 spiro atoms. The van der Waals surface area contributed by atoms with Crippen LogP contribution in [-0.4, -0.2) is 5.92 Å². The second-order valence-electron chi connectivity index (χ2n) is 2.66. The molecule has 0 aliphatic heterocycles. The largest absolute Gasteiger partial charge is 0.249 e. The molecule has 0 fully saturated rings.